The number of benzene rings is 2. The molecule has 0 spiro atoms. The van der Waals surface area contributed by atoms with E-state index in [9.17, 15) is 9.59 Å². The van der Waals surface area contributed by atoms with Crippen LogP contribution in [-0.2, 0) is 0 Å². The lowest BCUT2D eigenvalue weighted by Crippen LogP contribution is -2.28. The van der Waals surface area contributed by atoms with Crippen LogP contribution in [0.3, 0.4) is 0 Å². The summed E-state index contributed by atoms with van der Waals surface area (Å²) in [6.07, 6.45) is 0. The molecule has 4 rings (SSSR count). The molecule has 5 N–H and O–H groups in total. The normalized spacial score (nSPS) is 11.1. The van der Waals surface area contributed by atoms with Crippen molar-refractivity contribution >= 4 is 27.7 Å². The number of carbonyl (C=O) groups excluding carboxylic acids is 1. The van der Waals surface area contributed by atoms with E-state index in [0.717, 1.165) is 22.0 Å². The Morgan fingerprint density at radius 1 is 0.962 bits per heavy atom. The second-order valence-electron chi connectivity index (χ2n) is 6.13. The maximum atomic E-state index is 12.5. The number of hydrogen-bond donors (Lipinski definition) is 4. The Balaban J connectivity index is 1.81. The average molecular weight is 346 g/mol. The highest BCUT2D eigenvalue weighted by molar-refractivity contribution is 5.98. The van der Waals surface area contributed by atoms with Gasteiger partial charge in [-0.25, -0.2) is 0 Å². The topological polar surface area (TPSA) is 104 Å². The molecule has 0 radical (unpaired) electrons. The third-order valence-electron chi connectivity index (χ3n) is 4.36. The molecule has 0 aliphatic carbocycles. The number of rotatable bonds is 4. The predicted molar refractivity (Wildman–Crippen MR) is 103 cm³/mol. The van der Waals surface area contributed by atoms with Gasteiger partial charge in [-0.05, 0) is 41.8 Å². The number of para-hydroxylation sites is 1. The molecule has 1 amide bonds. The van der Waals surface area contributed by atoms with Crippen LogP contribution >= 0.6 is 0 Å². The summed E-state index contributed by atoms with van der Waals surface area (Å²) in [5.74, 6) is -0.185. The minimum Gasteiger partial charge on any atom is -0.354 e. The van der Waals surface area contributed by atoms with Crippen LogP contribution in [0.15, 0.2) is 59.4 Å². The van der Waals surface area contributed by atoms with E-state index in [1.54, 1.807) is 24.3 Å². The first kappa shape index (κ1) is 16.1. The summed E-state index contributed by atoms with van der Waals surface area (Å²) in [5.41, 5.74) is 8.71. The highest BCUT2D eigenvalue weighted by Crippen LogP contribution is 2.24. The van der Waals surface area contributed by atoms with Gasteiger partial charge in [-0.3, -0.25) is 9.59 Å². The lowest BCUT2D eigenvalue weighted by molar-refractivity contribution is 0.0955. The lowest BCUT2D eigenvalue weighted by Gasteiger charge is -2.06. The number of amides is 1. The van der Waals surface area contributed by atoms with Crippen molar-refractivity contribution in [2.24, 2.45) is 5.73 Å². The summed E-state index contributed by atoms with van der Waals surface area (Å²) in [4.78, 5) is 30.8. The van der Waals surface area contributed by atoms with Gasteiger partial charge in [0.2, 0.25) is 0 Å². The van der Waals surface area contributed by atoms with Crippen molar-refractivity contribution in [3.05, 3.63) is 70.5 Å². The first-order chi connectivity index (χ1) is 12.7. The van der Waals surface area contributed by atoms with Crippen molar-refractivity contribution in [2.45, 2.75) is 0 Å². The van der Waals surface area contributed by atoms with Crippen LogP contribution in [0.1, 0.15) is 10.4 Å². The van der Waals surface area contributed by atoms with E-state index in [0.29, 0.717) is 29.7 Å². The number of nitrogens with one attached hydrogen (secondary N) is 3. The Hall–Kier alpha value is -3.38. The molecule has 6 heteroatoms. The molecule has 0 saturated carbocycles. The molecule has 0 atom stereocenters. The van der Waals surface area contributed by atoms with Crippen molar-refractivity contribution in [3.63, 3.8) is 0 Å². The molecule has 0 aliphatic heterocycles. The van der Waals surface area contributed by atoms with Gasteiger partial charge >= 0.3 is 0 Å². The molecule has 0 aliphatic rings. The molecule has 0 saturated heterocycles. The predicted octanol–water partition coefficient (Wildman–Crippen LogP) is 2.36. The van der Waals surface area contributed by atoms with Gasteiger partial charge in [0.05, 0.1) is 11.3 Å². The first-order valence-electron chi connectivity index (χ1n) is 8.39. The number of aromatic nitrogens is 2. The molecule has 2 heterocycles. The number of H-pyrrole nitrogens is 2. The number of nitrogens with two attached hydrogens (primary N) is 1. The number of fused-ring (bicyclic) bond motifs is 2. The number of pyridine rings is 1. The maximum Gasteiger partial charge on any atom is 0.257 e. The van der Waals surface area contributed by atoms with E-state index >= 15 is 0 Å². The molecule has 4 aromatic rings. The maximum absolute atomic E-state index is 12.5. The van der Waals surface area contributed by atoms with E-state index in [-0.39, 0.29) is 11.5 Å². The average Bonchev–Trinajstić information content (AvgIpc) is 3.09. The van der Waals surface area contributed by atoms with Gasteiger partial charge in [0.25, 0.3) is 11.5 Å². The van der Waals surface area contributed by atoms with Crippen LogP contribution < -0.4 is 16.6 Å². The summed E-state index contributed by atoms with van der Waals surface area (Å²) < 4.78 is 0. The standard InChI is InChI=1S/C20H18N4O2/c21-7-8-22-19(25)13-5-6-17-14(9-13)10-15(20(26)24-17)18-11-12-3-1-2-4-16(12)23-18/h1-6,9-11,23H,7-8,21H2,(H,22,25)(H,24,26). The highest BCUT2D eigenvalue weighted by Gasteiger charge is 2.11. The number of hydrogen-bond acceptors (Lipinski definition) is 3. The Morgan fingerprint density at radius 2 is 1.77 bits per heavy atom. The molecule has 130 valence electrons. The van der Waals surface area contributed by atoms with E-state index in [4.69, 9.17) is 5.73 Å². The van der Waals surface area contributed by atoms with E-state index in [2.05, 4.69) is 15.3 Å². The second-order valence-corrected chi connectivity index (χ2v) is 6.13. The minimum atomic E-state index is -0.185. The Morgan fingerprint density at radius 3 is 2.58 bits per heavy atom. The molecule has 0 unspecified atom stereocenters. The number of aromatic amines is 2. The smallest absolute Gasteiger partial charge is 0.257 e. The number of carbonyl (C=O) groups is 1. The van der Waals surface area contributed by atoms with Gasteiger partial charge in [-0.1, -0.05) is 18.2 Å². The van der Waals surface area contributed by atoms with Crippen LogP contribution in [0.4, 0.5) is 0 Å². The Bertz CT molecular complexity index is 1140. The van der Waals surface area contributed by atoms with Crippen LogP contribution in [0.2, 0.25) is 0 Å². The summed E-state index contributed by atoms with van der Waals surface area (Å²) in [7, 11) is 0. The van der Waals surface area contributed by atoms with E-state index in [1.807, 2.05) is 30.3 Å². The van der Waals surface area contributed by atoms with Crippen molar-refractivity contribution in [3.8, 4) is 11.3 Å². The Kier molecular flexibility index (Phi) is 4.02. The fourth-order valence-electron chi connectivity index (χ4n) is 3.05. The fraction of sp³-hybridized carbons (Fsp3) is 0.100. The van der Waals surface area contributed by atoms with Crippen molar-refractivity contribution in [1.82, 2.24) is 15.3 Å². The second kappa shape index (κ2) is 6.50. The monoisotopic (exact) mass is 346 g/mol. The zero-order valence-corrected chi connectivity index (χ0v) is 14.0. The quantitative estimate of drug-likeness (QED) is 0.456. The molecule has 0 bridgehead atoms. The summed E-state index contributed by atoms with van der Waals surface area (Å²) in [6.45, 7) is 0.806. The van der Waals surface area contributed by atoms with Gasteiger partial charge in [0.15, 0.2) is 0 Å². The van der Waals surface area contributed by atoms with Crippen LogP contribution in [-0.4, -0.2) is 29.0 Å². The first-order valence-corrected chi connectivity index (χ1v) is 8.39. The van der Waals surface area contributed by atoms with Gasteiger partial charge in [0, 0.05) is 35.1 Å². The molecular formula is C20H18N4O2. The molecule has 26 heavy (non-hydrogen) atoms. The van der Waals surface area contributed by atoms with Crippen LogP contribution in [0.5, 0.6) is 0 Å². The lowest BCUT2D eigenvalue weighted by atomic mass is 10.1. The third-order valence-corrected chi connectivity index (χ3v) is 4.36. The third kappa shape index (κ3) is 2.87. The minimum absolute atomic E-state index is 0.176. The molecule has 2 aromatic carbocycles. The van der Waals surface area contributed by atoms with Crippen molar-refractivity contribution < 1.29 is 4.79 Å². The largest absolute Gasteiger partial charge is 0.354 e. The van der Waals surface area contributed by atoms with Gasteiger partial charge in [-0.2, -0.15) is 0 Å². The Labute approximate surface area is 149 Å². The zero-order valence-electron chi connectivity index (χ0n) is 14.0. The fourth-order valence-corrected chi connectivity index (χ4v) is 3.05. The van der Waals surface area contributed by atoms with Crippen LogP contribution in [0, 0.1) is 0 Å². The molecule has 2 aromatic heterocycles. The van der Waals surface area contributed by atoms with Gasteiger partial charge < -0.3 is 21.0 Å². The van der Waals surface area contributed by atoms with Crippen LogP contribution in [0.25, 0.3) is 33.1 Å². The van der Waals surface area contributed by atoms with Gasteiger partial charge in [-0.15, -0.1) is 0 Å². The molecular weight excluding hydrogens is 328 g/mol. The summed E-state index contributed by atoms with van der Waals surface area (Å²) >= 11 is 0. The SMILES string of the molecule is NCCNC(=O)c1ccc2[nH]c(=O)c(-c3cc4ccccc4[nH]3)cc2c1. The highest BCUT2D eigenvalue weighted by atomic mass is 16.1. The summed E-state index contributed by atoms with van der Waals surface area (Å²) in [5, 5.41) is 4.58. The van der Waals surface area contributed by atoms with E-state index in [1.165, 1.54) is 0 Å². The zero-order chi connectivity index (χ0) is 18.1. The van der Waals surface area contributed by atoms with E-state index < -0.39 is 0 Å². The van der Waals surface area contributed by atoms with Gasteiger partial charge in [0.1, 0.15) is 0 Å². The van der Waals surface area contributed by atoms with Crippen molar-refractivity contribution in [1.29, 1.82) is 0 Å². The molecule has 6 nitrogen and oxygen atoms in total. The summed E-state index contributed by atoms with van der Waals surface area (Å²) in [6, 6.07) is 16.8. The van der Waals surface area contributed by atoms with Crippen molar-refractivity contribution in [2.75, 3.05) is 13.1 Å². The molecule has 0 fully saturated rings.